The molecule has 0 spiro atoms. The van der Waals surface area contributed by atoms with Gasteiger partial charge in [0.05, 0.1) is 25.1 Å². The van der Waals surface area contributed by atoms with Gasteiger partial charge in [0, 0.05) is 47.1 Å². The maximum Gasteiger partial charge on any atom is 0.140 e. The van der Waals surface area contributed by atoms with Crippen LogP contribution < -0.4 is 4.90 Å². The summed E-state index contributed by atoms with van der Waals surface area (Å²) in [4.78, 5) is 7.09. The van der Waals surface area contributed by atoms with Crippen molar-refractivity contribution >= 4 is 39.3 Å². The molecule has 0 saturated carbocycles. The van der Waals surface area contributed by atoms with Gasteiger partial charge in [-0.1, -0.05) is 0 Å². The van der Waals surface area contributed by atoms with Crippen molar-refractivity contribution in [3.63, 3.8) is 0 Å². The van der Waals surface area contributed by atoms with E-state index < -0.39 is 0 Å². The van der Waals surface area contributed by atoms with E-state index in [9.17, 15) is 0 Å². The SMILES string of the molecule is Cn1cc(I)c2cc(N3C[C@H]4COC[C@H]4C3)cnc21. The van der Waals surface area contributed by atoms with E-state index in [4.69, 9.17) is 4.74 Å². The molecule has 0 aromatic carbocycles. The molecule has 0 radical (unpaired) electrons. The number of hydrogen-bond acceptors (Lipinski definition) is 3. The summed E-state index contributed by atoms with van der Waals surface area (Å²) in [6.07, 6.45) is 4.15. The summed E-state index contributed by atoms with van der Waals surface area (Å²) in [5, 5.41) is 1.26. The van der Waals surface area contributed by atoms with Crippen LogP contribution in [0.5, 0.6) is 0 Å². The van der Waals surface area contributed by atoms with Gasteiger partial charge in [0.1, 0.15) is 5.65 Å². The molecule has 0 unspecified atom stereocenters. The smallest absolute Gasteiger partial charge is 0.140 e. The summed E-state index contributed by atoms with van der Waals surface area (Å²) >= 11 is 2.39. The molecule has 5 heteroatoms. The summed E-state index contributed by atoms with van der Waals surface area (Å²) in [6, 6.07) is 2.28. The monoisotopic (exact) mass is 369 g/mol. The van der Waals surface area contributed by atoms with Crippen LogP contribution >= 0.6 is 22.6 Å². The first-order valence-corrected chi connectivity index (χ1v) is 7.73. The average molecular weight is 369 g/mol. The van der Waals surface area contributed by atoms with Gasteiger partial charge in [0.2, 0.25) is 0 Å². The quantitative estimate of drug-likeness (QED) is 0.723. The normalized spacial score (nSPS) is 26.3. The lowest BCUT2D eigenvalue weighted by Crippen LogP contribution is -2.22. The molecule has 4 nitrogen and oxygen atoms in total. The molecule has 2 saturated heterocycles. The highest BCUT2D eigenvalue weighted by Gasteiger charge is 2.37. The Morgan fingerprint density at radius 2 is 2.05 bits per heavy atom. The number of anilines is 1. The first-order chi connectivity index (χ1) is 9.22. The number of pyridine rings is 1. The molecule has 4 rings (SSSR count). The highest BCUT2D eigenvalue weighted by Crippen LogP contribution is 2.33. The summed E-state index contributed by atoms with van der Waals surface area (Å²) in [7, 11) is 2.05. The zero-order chi connectivity index (χ0) is 13.0. The molecule has 2 aliphatic heterocycles. The molecular formula is C14H16IN3O. The minimum atomic E-state index is 0.713. The van der Waals surface area contributed by atoms with Gasteiger partial charge in [-0.2, -0.15) is 0 Å². The Balaban J connectivity index is 1.70. The van der Waals surface area contributed by atoms with Crippen molar-refractivity contribution in [2.75, 3.05) is 31.2 Å². The lowest BCUT2D eigenvalue weighted by Gasteiger charge is -2.19. The van der Waals surface area contributed by atoms with Gasteiger partial charge in [-0.15, -0.1) is 0 Å². The fourth-order valence-electron chi connectivity index (χ4n) is 3.27. The molecule has 19 heavy (non-hydrogen) atoms. The molecule has 2 fully saturated rings. The van der Waals surface area contributed by atoms with Crippen LogP contribution in [0.15, 0.2) is 18.5 Å². The number of rotatable bonds is 1. The van der Waals surface area contributed by atoms with Crippen molar-refractivity contribution in [1.29, 1.82) is 0 Å². The van der Waals surface area contributed by atoms with E-state index in [-0.39, 0.29) is 0 Å². The molecule has 0 amide bonds. The molecule has 100 valence electrons. The van der Waals surface area contributed by atoms with Crippen molar-refractivity contribution in [2.45, 2.75) is 0 Å². The Labute approximate surface area is 125 Å². The Kier molecular flexibility index (Phi) is 2.73. The van der Waals surface area contributed by atoms with Crippen LogP contribution in [0, 0.1) is 15.4 Å². The van der Waals surface area contributed by atoms with Gasteiger partial charge in [0.25, 0.3) is 0 Å². The molecular weight excluding hydrogens is 353 g/mol. The third-order valence-electron chi connectivity index (χ3n) is 4.36. The predicted octanol–water partition coefficient (Wildman–Crippen LogP) is 2.26. The standard InChI is InChI=1S/C14H16IN3O/c1-17-6-13(15)12-2-11(3-16-14(12)17)18-4-9-7-19-8-10(9)5-18/h2-3,6,9-10H,4-5,7-8H2,1H3/t9-,10+. The molecule has 4 heterocycles. The van der Waals surface area contributed by atoms with E-state index in [1.54, 1.807) is 0 Å². The highest BCUT2D eigenvalue weighted by molar-refractivity contribution is 14.1. The number of halogens is 1. The van der Waals surface area contributed by atoms with Crippen LogP contribution in [0.2, 0.25) is 0 Å². The molecule has 0 bridgehead atoms. The second-order valence-electron chi connectivity index (χ2n) is 5.62. The van der Waals surface area contributed by atoms with Gasteiger partial charge in [-0.05, 0) is 28.7 Å². The molecule has 0 aliphatic carbocycles. The topological polar surface area (TPSA) is 30.3 Å². The summed E-state index contributed by atoms with van der Waals surface area (Å²) < 4.78 is 8.90. The van der Waals surface area contributed by atoms with Gasteiger partial charge < -0.3 is 14.2 Å². The van der Waals surface area contributed by atoms with E-state index in [0.29, 0.717) is 11.8 Å². The van der Waals surface area contributed by atoms with Crippen LogP contribution in [0.3, 0.4) is 0 Å². The van der Waals surface area contributed by atoms with Gasteiger partial charge >= 0.3 is 0 Å². The number of hydrogen-bond donors (Lipinski definition) is 0. The summed E-state index contributed by atoms with van der Waals surface area (Å²) in [6.45, 7) is 4.09. The lowest BCUT2D eigenvalue weighted by atomic mass is 10.0. The number of aromatic nitrogens is 2. The van der Waals surface area contributed by atoms with Gasteiger partial charge in [0.15, 0.2) is 0 Å². The van der Waals surface area contributed by atoms with Crippen molar-refractivity contribution < 1.29 is 4.74 Å². The fourth-order valence-corrected chi connectivity index (χ4v) is 4.09. The maximum absolute atomic E-state index is 5.54. The summed E-state index contributed by atoms with van der Waals surface area (Å²) in [5.74, 6) is 1.43. The van der Waals surface area contributed by atoms with Crippen molar-refractivity contribution in [1.82, 2.24) is 9.55 Å². The van der Waals surface area contributed by atoms with E-state index in [1.807, 2.05) is 6.20 Å². The Morgan fingerprint density at radius 3 is 2.79 bits per heavy atom. The Morgan fingerprint density at radius 1 is 1.32 bits per heavy atom. The van der Waals surface area contributed by atoms with Crippen LogP contribution in [-0.2, 0) is 11.8 Å². The average Bonchev–Trinajstić information content (AvgIpc) is 3.04. The minimum absolute atomic E-state index is 0.713. The third-order valence-corrected chi connectivity index (χ3v) is 5.22. The van der Waals surface area contributed by atoms with Crippen molar-refractivity contribution in [3.05, 3.63) is 22.0 Å². The van der Waals surface area contributed by atoms with Crippen LogP contribution in [0.25, 0.3) is 11.0 Å². The van der Waals surface area contributed by atoms with E-state index in [0.717, 1.165) is 32.0 Å². The van der Waals surface area contributed by atoms with Crippen LogP contribution in [0.1, 0.15) is 0 Å². The van der Waals surface area contributed by atoms with E-state index in [1.165, 1.54) is 14.6 Å². The molecule has 2 atom stereocenters. The Bertz CT molecular complexity index is 627. The minimum Gasteiger partial charge on any atom is -0.381 e. The fraction of sp³-hybridized carbons (Fsp3) is 0.500. The lowest BCUT2D eigenvalue weighted by molar-refractivity contribution is 0.177. The summed E-state index contributed by atoms with van der Waals surface area (Å²) in [5.41, 5.74) is 2.32. The number of nitrogens with zero attached hydrogens (tertiary/aromatic N) is 3. The molecule has 0 N–H and O–H groups in total. The van der Waals surface area contributed by atoms with Crippen LogP contribution in [-0.4, -0.2) is 35.9 Å². The number of ether oxygens (including phenoxy) is 1. The van der Waals surface area contributed by atoms with E-state index >= 15 is 0 Å². The number of aryl methyl sites for hydroxylation is 1. The first-order valence-electron chi connectivity index (χ1n) is 6.65. The zero-order valence-electron chi connectivity index (χ0n) is 10.8. The highest BCUT2D eigenvalue weighted by atomic mass is 127. The largest absolute Gasteiger partial charge is 0.381 e. The van der Waals surface area contributed by atoms with Crippen LogP contribution in [0.4, 0.5) is 5.69 Å². The van der Waals surface area contributed by atoms with Gasteiger partial charge in [-0.3, -0.25) is 0 Å². The second kappa shape index (κ2) is 4.34. The maximum atomic E-state index is 5.54. The van der Waals surface area contributed by atoms with E-state index in [2.05, 4.69) is 56.4 Å². The van der Waals surface area contributed by atoms with Crippen molar-refractivity contribution in [2.24, 2.45) is 18.9 Å². The Hall–Kier alpha value is -0.820. The predicted molar refractivity (Wildman–Crippen MR) is 83.4 cm³/mol. The second-order valence-corrected chi connectivity index (χ2v) is 6.78. The number of fused-ring (bicyclic) bond motifs is 2. The zero-order valence-corrected chi connectivity index (χ0v) is 13.0. The van der Waals surface area contributed by atoms with Gasteiger partial charge in [-0.25, -0.2) is 4.98 Å². The first kappa shape index (κ1) is 12.0. The molecule has 2 aromatic heterocycles. The van der Waals surface area contributed by atoms with Crippen molar-refractivity contribution in [3.8, 4) is 0 Å². The molecule has 2 aromatic rings. The molecule has 2 aliphatic rings. The third kappa shape index (κ3) is 1.86.